The molecule has 0 saturated heterocycles. The van der Waals surface area contributed by atoms with E-state index in [1.54, 1.807) is 18.2 Å². The first-order chi connectivity index (χ1) is 9.10. The summed E-state index contributed by atoms with van der Waals surface area (Å²) >= 11 is 0. The van der Waals surface area contributed by atoms with Crippen LogP contribution in [0, 0.1) is 11.6 Å². The Balaban J connectivity index is 2.17. The third kappa shape index (κ3) is 3.26. The Kier molecular flexibility index (Phi) is 4.06. The number of nitrogens with zero attached hydrogens (tertiary/aromatic N) is 1. The normalized spacial score (nSPS) is 12.2. The summed E-state index contributed by atoms with van der Waals surface area (Å²) in [6.07, 6.45) is -0.957. The Morgan fingerprint density at radius 1 is 1.26 bits per heavy atom. The Hall–Kier alpha value is -2.01. The Morgan fingerprint density at radius 2 is 2.05 bits per heavy atom. The highest BCUT2D eigenvalue weighted by Crippen LogP contribution is 2.20. The van der Waals surface area contributed by atoms with Crippen molar-refractivity contribution < 1.29 is 18.6 Å². The first-order valence-corrected chi connectivity index (χ1v) is 5.73. The average molecular weight is 265 g/mol. The van der Waals surface area contributed by atoms with Gasteiger partial charge in [-0.2, -0.15) is 0 Å². The number of hydrogen-bond donors (Lipinski definition) is 1. The van der Waals surface area contributed by atoms with Gasteiger partial charge in [-0.15, -0.1) is 0 Å². The van der Waals surface area contributed by atoms with Crippen molar-refractivity contribution >= 4 is 0 Å². The lowest BCUT2D eigenvalue weighted by Gasteiger charge is -2.11. The SMILES string of the molecule is COc1cccc(C(O)Cc2ccc(F)cc2F)n1. The topological polar surface area (TPSA) is 42.4 Å². The van der Waals surface area contributed by atoms with Crippen LogP contribution in [0.15, 0.2) is 36.4 Å². The van der Waals surface area contributed by atoms with Gasteiger partial charge in [-0.25, -0.2) is 13.8 Å². The van der Waals surface area contributed by atoms with Gasteiger partial charge in [0.25, 0.3) is 0 Å². The van der Waals surface area contributed by atoms with E-state index in [4.69, 9.17) is 4.74 Å². The maximum Gasteiger partial charge on any atom is 0.213 e. The lowest BCUT2D eigenvalue weighted by Crippen LogP contribution is -2.06. The maximum absolute atomic E-state index is 13.5. The van der Waals surface area contributed by atoms with Crippen molar-refractivity contribution in [3.05, 3.63) is 59.3 Å². The number of aromatic nitrogens is 1. The second-order valence-electron chi connectivity index (χ2n) is 4.06. The molecule has 0 aliphatic heterocycles. The van der Waals surface area contributed by atoms with Crippen LogP contribution in [0.2, 0.25) is 0 Å². The number of hydrogen-bond acceptors (Lipinski definition) is 3. The van der Waals surface area contributed by atoms with Crippen LogP contribution in [-0.2, 0) is 6.42 Å². The Morgan fingerprint density at radius 3 is 2.74 bits per heavy atom. The molecule has 1 N–H and O–H groups in total. The summed E-state index contributed by atoms with van der Waals surface area (Å²) in [6.45, 7) is 0. The number of aliphatic hydroxyl groups excluding tert-OH is 1. The van der Waals surface area contributed by atoms with Gasteiger partial charge in [-0.05, 0) is 17.7 Å². The van der Waals surface area contributed by atoms with Crippen LogP contribution in [-0.4, -0.2) is 17.2 Å². The van der Waals surface area contributed by atoms with Gasteiger partial charge in [-0.3, -0.25) is 0 Å². The molecule has 1 aromatic carbocycles. The number of benzene rings is 1. The number of aliphatic hydroxyl groups is 1. The van der Waals surface area contributed by atoms with Crippen molar-refractivity contribution in [2.75, 3.05) is 7.11 Å². The first-order valence-electron chi connectivity index (χ1n) is 5.73. The molecule has 0 aliphatic rings. The van der Waals surface area contributed by atoms with Gasteiger partial charge in [0.1, 0.15) is 17.7 Å². The number of rotatable bonds is 4. The monoisotopic (exact) mass is 265 g/mol. The highest BCUT2D eigenvalue weighted by molar-refractivity contribution is 5.23. The highest BCUT2D eigenvalue weighted by atomic mass is 19.1. The molecule has 1 aromatic heterocycles. The van der Waals surface area contributed by atoms with Crippen LogP contribution >= 0.6 is 0 Å². The third-order valence-corrected chi connectivity index (χ3v) is 2.72. The van der Waals surface area contributed by atoms with Crippen molar-refractivity contribution in [3.8, 4) is 5.88 Å². The molecule has 3 nitrogen and oxygen atoms in total. The molecule has 0 amide bonds. The van der Waals surface area contributed by atoms with Crippen LogP contribution in [0.4, 0.5) is 8.78 Å². The van der Waals surface area contributed by atoms with E-state index in [0.717, 1.165) is 12.1 Å². The van der Waals surface area contributed by atoms with Crippen molar-refractivity contribution in [1.82, 2.24) is 4.98 Å². The minimum Gasteiger partial charge on any atom is -0.481 e. The van der Waals surface area contributed by atoms with Gasteiger partial charge >= 0.3 is 0 Å². The molecule has 1 heterocycles. The molecule has 1 atom stereocenters. The minimum atomic E-state index is -0.977. The third-order valence-electron chi connectivity index (χ3n) is 2.72. The van der Waals surface area contributed by atoms with E-state index in [-0.39, 0.29) is 12.0 Å². The Labute approximate surface area is 109 Å². The standard InChI is InChI=1S/C14H13F2NO2/c1-19-14-4-2-3-12(17-14)13(18)7-9-5-6-10(15)8-11(9)16/h2-6,8,13,18H,7H2,1H3. The molecule has 0 saturated carbocycles. The van der Waals surface area contributed by atoms with Crippen molar-refractivity contribution in [3.63, 3.8) is 0 Å². The molecule has 0 radical (unpaired) electrons. The predicted molar refractivity (Wildman–Crippen MR) is 65.8 cm³/mol. The van der Waals surface area contributed by atoms with Gasteiger partial charge in [0.05, 0.1) is 12.8 Å². The molecular weight excluding hydrogens is 252 g/mol. The van der Waals surface area contributed by atoms with E-state index in [1.165, 1.54) is 13.2 Å². The zero-order valence-electron chi connectivity index (χ0n) is 10.3. The molecular formula is C14H13F2NO2. The fourth-order valence-electron chi connectivity index (χ4n) is 1.73. The second kappa shape index (κ2) is 5.75. The number of methoxy groups -OCH3 is 1. The zero-order chi connectivity index (χ0) is 13.8. The molecule has 19 heavy (non-hydrogen) atoms. The summed E-state index contributed by atoms with van der Waals surface area (Å²) in [5.74, 6) is -0.951. The van der Waals surface area contributed by atoms with Crippen LogP contribution in [0.5, 0.6) is 5.88 Å². The molecule has 2 rings (SSSR count). The van der Waals surface area contributed by atoms with Crippen LogP contribution in [0.25, 0.3) is 0 Å². The molecule has 0 fully saturated rings. The quantitative estimate of drug-likeness (QED) is 0.924. The molecule has 0 spiro atoms. The van der Waals surface area contributed by atoms with E-state index in [2.05, 4.69) is 4.98 Å². The van der Waals surface area contributed by atoms with E-state index in [0.29, 0.717) is 11.6 Å². The van der Waals surface area contributed by atoms with Crippen LogP contribution in [0.1, 0.15) is 17.4 Å². The summed E-state index contributed by atoms with van der Waals surface area (Å²) in [7, 11) is 1.47. The van der Waals surface area contributed by atoms with Gasteiger partial charge in [0.2, 0.25) is 5.88 Å². The van der Waals surface area contributed by atoms with Gasteiger partial charge in [0.15, 0.2) is 0 Å². The van der Waals surface area contributed by atoms with Crippen LogP contribution in [0.3, 0.4) is 0 Å². The van der Waals surface area contributed by atoms with E-state index in [1.807, 2.05) is 0 Å². The van der Waals surface area contributed by atoms with E-state index in [9.17, 15) is 13.9 Å². The molecule has 0 bridgehead atoms. The van der Waals surface area contributed by atoms with Gasteiger partial charge in [-0.1, -0.05) is 12.1 Å². The molecule has 100 valence electrons. The average Bonchev–Trinajstić information content (AvgIpc) is 2.42. The summed E-state index contributed by atoms with van der Waals surface area (Å²) in [5, 5.41) is 10.0. The molecule has 1 unspecified atom stereocenters. The predicted octanol–water partition coefficient (Wildman–Crippen LogP) is 2.64. The van der Waals surface area contributed by atoms with Gasteiger partial charge < -0.3 is 9.84 Å². The first kappa shape index (κ1) is 13.4. The fraction of sp³-hybridized carbons (Fsp3) is 0.214. The number of ether oxygens (including phenoxy) is 1. The zero-order valence-corrected chi connectivity index (χ0v) is 10.3. The van der Waals surface area contributed by atoms with Crippen molar-refractivity contribution in [1.29, 1.82) is 0 Å². The summed E-state index contributed by atoms with van der Waals surface area (Å²) in [5.41, 5.74) is 0.613. The largest absolute Gasteiger partial charge is 0.481 e. The van der Waals surface area contributed by atoms with E-state index < -0.39 is 17.7 Å². The van der Waals surface area contributed by atoms with Crippen LogP contribution < -0.4 is 4.74 Å². The Bertz CT molecular complexity index is 575. The molecule has 0 aliphatic carbocycles. The summed E-state index contributed by atoms with van der Waals surface area (Å²) in [4.78, 5) is 4.07. The lowest BCUT2D eigenvalue weighted by atomic mass is 10.0. The molecule has 5 heteroatoms. The second-order valence-corrected chi connectivity index (χ2v) is 4.06. The van der Waals surface area contributed by atoms with E-state index >= 15 is 0 Å². The van der Waals surface area contributed by atoms with Crippen molar-refractivity contribution in [2.24, 2.45) is 0 Å². The summed E-state index contributed by atoms with van der Waals surface area (Å²) < 4.78 is 31.2. The molecule has 2 aromatic rings. The van der Waals surface area contributed by atoms with Crippen molar-refractivity contribution in [2.45, 2.75) is 12.5 Å². The minimum absolute atomic E-state index is 0.0201. The summed E-state index contributed by atoms with van der Waals surface area (Å²) in [6, 6.07) is 8.22. The lowest BCUT2D eigenvalue weighted by molar-refractivity contribution is 0.171. The van der Waals surface area contributed by atoms with Gasteiger partial charge in [0, 0.05) is 18.6 Å². The maximum atomic E-state index is 13.5. The fourth-order valence-corrected chi connectivity index (χ4v) is 1.73. The smallest absolute Gasteiger partial charge is 0.213 e. The number of pyridine rings is 1. The highest BCUT2D eigenvalue weighted by Gasteiger charge is 2.14. The number of halogens is 2.